The predicted octanol–water partition coefficient (Wildman–Crippen LogP) is 2.99. The quantitative estimate of drug-likeness (QED) is 0.935. The molecule has 1 amide bonds. The topological polar surface area (TPSA) is 42.0 Å². The van der Waals surface area contributed by atoms with Crippen LogP contribution >= 0.6 is 0 Å². The van der Waals surface area contributed by atoms with Crippen LogP contribution in [0.2, 0.25) is 0 Å². The molecule has 0 saturated carbocycles. The van der Waals surface area contributed by atoms with Crippen molar-refractivity contribution in [2.24, 2.45) is 0 Å². The van der Waals surface area contributed by atoms with Gasteiger partial charge in [0, 0.05) is 6.20 Å². The van der Waals surface area contributed by atoms with Gasteiger partial charge in [0.05, 0.1) is 18.2 Å². The number of carbonyl (C=O) groups excluding carboxylic acids is 1. The second kappa shape index (κ2) is 6.08. The van der Waals surface area contributed by atoms with Crippen molar-refractivity contribution in [3.8, 4) is 0 Å². The summed E-state index contributed by atoms with van der Waals surface area (Å²) in [6.45, 7) is 1.96. The van der Waals surface area contributed by atoms with Crippen LogP contribution in [0.5, 0.6) is 0 Å². The zero-order valence-corrected chi connectivity index (χ0v) is 12.3. The van der Waals surface area contributed by atoms with E-state index in [2.05, 4.69) is 28.5 Å². The molecule has 0 aliphatic heterocycles. The standard InChI is InChI=1S/C18H20N2O/c1-13(17-7-2-3-10-19-17)20-18(21)12-14-8-9-15-5-4-6-16(15)11-14/h2-3,7-11,13H,4-6,12H2,1H3,(H,20,21)/t13-/m1/s1. The minimum atomic E-state index is -0.0619. The van der Waals surface area contributed by atoms with Crippen LogP contribution in [0.3, 0.4) is 0 Å². The number of nitrogens with zero attached hydrogens (tertiary/aromatic N) is 1. The molecule has 1 N–H and O–H groups in total. The molecule has 1 aliphatic rings. The Hall–Kier alpha value is -2.16. The van der Waals surface area contributed by atoms with E-state index in [1.165, 1.54) is 24.0 Å². The van der Waals surface area contributed by atoms with E-state index in [-0.39, 0.29) is 11.9 Å². The number of pyridine rings is 1. The fraction of sp³-hybridized carbons (Fsp3) is 0.333. The number of carbonyl (C=O) groups is 1. The maximum Gasteiger partial charge on any atom is 0.224 e. The molecule has 0 fully saturated rings. The van der Waals surface area contributed by atoms with Crippen molar-refractivity contribution in [2.75, 3.05) is 0 Å². The number of hydrogen-bond acceptors (Lipinski definition) is 2. The second-order valence-corrected chi connectivity index (χ2v) is 5.68. The minimum absolute atomic E-state index is 0.0473. The van der Waals surface area contributed by atoms with Gasteiger partial charge in [0.2, 0.25) is 5.91 Å². The lowest BCUT2D eigenvalue weighted by Crippen LogP contribution is -2.28. The molecule has 3 heteroatoms. The molecule has 2 aromatic rings. The summed E-state index contributed by atoms with van der Waals surface area (Å²) >= 11 is 0. The number of hydrogen-bond donors (Lipinski definition) is 1. The molecule has 1 heterocycles. The third-order valence-corrected chi connectivity index (χ3v) is 4.04. The molecule has 108 valence electrons. The van der Waals surface area contributed by atoms with Crippen LogP contribution in [0.25, 0.3) is 0 Å². The molecule has 1 aromatic carbocycles. The lowest BCUT2D eigenvalue weighted by molar-refractivity contribution is -0.121. The molecule has 3 nitrogen and oxygen atoms in total. The molecule has 21 heavy (non-hydrogen) atoms. The van der Waals surface area contributed by atoms with E-state index in [0.29, 0.717) is 6.42 Å². The van der Waals surface area contributed by atoms with E-state index < -0.39 is 0 Å². The summed E-state index contributed by atoms with van der Waals surface area (Å²) in [4.78, 5) is 16.4. The van der Waals surface area contributed by atoms with Gasteiger partial charge in [-0.3, -0.25) is 9.78 Å². The lowest BCUT2D eigenvalue weighted by Gasteiger charge is -2.13. The van der Waals surface area contributed by atoms with Gasteiger partial charge in [-0.25, -0.2) is 0 Å². The van der Waals surface area contributed by atoms with Gasteiger partial charge in [-0.05, 0) is 55.0 Å². The number of benzene rings is 1. The molecule has 1 aromatic heterocycles. The molecular formula is C18H20N2O. The largest absolute Gasteiger partial charge is 0.348 e. The summed E-state index contributed by atoms with van der Waals surface area (Å²) < 4.78 is 0. The highest BCUT2D eigenvalue weighted by atomic mass is 16.1. The van der Waals surface area contributed by atoms with Gasteiger partial charge in [-0.1, -0.05) is 24.3 Å². The number of amides is 1. The third kappa shape index (κ3) is 3.30. The van der Waals surface area contributed by atoms with E-state index in [1.807, 2.05) is 25.1 Å². The number of aryl methyl sites for hydroxylation is 2. The SMILES string of the molecule is C[C@@H](NC(=O)Cc1ccc2c(c1)CCC2)c1ccccn1. The van der Waals surface area contributed by atoms with Crippen LogP contribution in [0.15, 0.2) is 42.6 Å². The molecule has 0 bridgehead atoms. The minimum Gasteiger partial charge on any atom is -0.348 e. The van der Waals surface area contributed by atoms with Gasteiger partial charge in [-0.15, -0.1) is 0 Å². The Morgan fingerprint density at radius 2 is 2.10 bits per heavy atom. The number of fused-ring (bicyclic) bond motifs is 1. The molecule has 1 atom stereocenters. The van der Waals surface area contributed by atoms with Crippen molar-refractivity contribution in [3.63, 3.8) is 0 Å². The highest BCUT2D eigenvalue weighted by Crippen LogP contribution is 2.23. The Kier molecular flexibility index (Phi) is 4.00. The van der Waals surface area contributed by atoms with Gasteiger partial charge in [0.25, 0.3) is 0 Å². The average molecular weight is 280 g/mol. The fourth-order valence-electron chi connectivity index (χ4n) is 2.92. The van der Waals surface area contributed by atoms with Crippen molar-refractivity contribution in [2.45, 2.75) is 38.6 Å². The summed E-state index contributed by atoms with van der Waals surface area (Å²) in [7, 11) is 0. The van der Waals surface area contributed by atoms with Crippen LogP contribution in [0.4, 0.5) is 0 Å². The first-order chi connectivity index (χ1) is 10.2. The van der Waals surface area contributed by atoms with Crippen LogP contribution < -0.4 is 5.32 Å². The van der Waals surface area contributed by atoms with Crippen molar-refractivity contribution in [1.82, 2.24) is 10.3 Å². The predicted molar refractivity (Wildman–Crippen MR) is 83.0 cm³/mol. The number of aromatic nitrogens is 1. The van der Waals surface area contributed by atoms with Crippen LogP contribution in [0.1, 0.15) is 41.8 Å². The molecule has 1 aliphatic carbocycles. The Morgan fingerprint density at radius 3 is 2.90 bits per heavy atom. The van der Waals surface area contributed by atoms with Gasteiger partial charge in [-0.2, -0.15) is 0 Å². The van der Waals surface area contributed by atoms with Gasteiger partial charge < -0.3 is 5.32 Å². The molecular weight excluding hydrogens is 260 g/mol. The van der Waals surface area contributed by atoms with E-state index in [4.69, 9.17) is 0 Å². The van der Waals surface area contributed by atoms with Crippen molar-refractivity contribution in [3.05, 3.63) is 65.0 Å². The normalized spacial score (nSPS) is 14.5. The molecule has 0 radical (unpaired) electrons. The first-order valence-electron chi connectivity index (χ1n) is 7.53. The highest BCUT2D eigenvalue weighted by molar-refractivity contribution is 5.79. The monoisotopic (exact) mass is 280 g/mol. The summed E-state index contributed by atoms with van der Waals surface area (Å²) in [6.07, 6.45) is 5.75. The Balaban J connectivity index is 1.61. The molecule has 0 saturated heterocycles. The van der Waals surface area contributed by atoms with Crippen LogP contribution in [0, 0.1) is 0 Å². The Labute approximate surface area is 125 Å². The van der Waals surface area contributed by atoms with Gasteiger partial charge in [0.1, 0.15) is 0 Å². The lowest BCUT2D eigenvalue weighted by atomic mass is 10.0. The maximum absolute atomic E-state index is 12.2. The maximum atomic E-state index is 12.2. The second-order valence-electron chi connectivity index (χ2n) is 5.68. The first kappa shape index (κ1) is 13.8. The summed E-state index contributed by atoms with van der Waals surface area (Å²) in [6, 6.07) is 12.1. The average Bonchev–Trinajstić information content (AvgIpc) is 2.95. The van der Waals surface area contributed by atoms with Crippen LogP contribution in [-0.4, -0.2) is 10.9 Å². The third-order valence-electron chi connectivity index (χ3n) is 4.04. The van der Waals surface area contributed by atoms with E-state index in [1.54, 1.807) is 6.20 Å². The smallest absolute Gasteiger partial charge is 0.224 e. The zero-order chi connectivity index (χ0) is 14.7. The molecule has 3 rings (SSSR count). The molecule has 0 unspecified atom stereocenters. The van der Waals surface area contributed by atoms with Crippen molar-refractivity contribution < 1.29 is 4.79 Å². The van der Waals surface area contributed by atoms with Gasteiger partial charge in [0.15, 0.2) is 0 Å². The van der Waals surface area contributed by atoms with E-state index in [0.717, 1.165) is 17.7 Å². The summed E-state index contributed by atoms with van der Waals surface area (Å²) in [5, 5.41) is 3.01. The van der Waals surface area contributed by atoms with E-state index >= 15 is 0 Å². The fourth-order valence-corrected chi connectivity index (χ4v) is 2.92. The molecule has 0 spiro atoms. The summed E-state index contributed by atoms with van der Waals surface area (Å²) in [5.74, 6) is 0.0473. The Bertz CT molecular complexity index is 637. The number of rotatable bonds is 4. The van der Waals surface area contributed by atoms with Crippen molar-refractivity contribution >= 4 is 5.91 Å². The first-order valence-corrected chi connectivity index (χ1v) is 7.53. The summed E-state index contributed by atoms with van der Waals surface area (Å²) in [5.41, 5.74) is 4.85. The van der Waals surface area contributed by atoms with E-state index in [9.17, 15) is 4.79 Å². The van der Waals surface area contributed by atoms with Crippen molar-refractivity contribution in [1.29, 1.82) is 0 Å². The Morgan fingerprint density at radius 1 is 1.24 bits per heavy atom. The van der Waals surface area contributed by atoms with Crippen LogP contribution in [-0.2, 0) is 24.1 Å². The van der Waals surface area contributed by atoms with Gasteiger partial charge >= 0.3 is 0 Å². The number of nitrogens with one attached hydrogen (secondary N) is 1. The zero-order valence-electron chi connectivity index (χ0n) is 12.3. The highest BCUT2D eigenvalue weighted by Gasteiger charge is 2.14.